The van der Waals surface area contributed by atoms with Crippen molar-refractivity contribution in [3.8, 4) is 11.6 Å². The first-order chi connectivity index (χ1) is 13.2. The SMILES string of the molecule is [C-]#[N+]c1cc2c(OC3CCOC3)nc(Nc3cc(C)[nH]n3)cc2cc1OC. The molecule has 1 atom stereocenters. The van der Waals surface area contributed by atoms with Gasteiger partial charge in [0.1, 0.15) is 17.7 Å². The average Bonchev–Trinajstić information content (AvgIpc) is 3.32. The molecule has 2 aromatic heterocycles. The minimum Gasteiger partial charge on any atom is -0.508 e. The quantitative estimate of drug-likeness (QED) is 0.670. The second-order valence-electron chi connectivity index (χ2n) is 6.33. The van der Waals surface area contributed by atoms with Gasteiger partial charge in [0.15, 0.2) is 5.82 Å². The Morgan fingerprint density at radius 2 is 2.19 bits per heavy atom. The van der Waals surface area contributed by atoms with Crippen LogP contribution in [0.3, 0.4) is 0 Å². The molecule has 8 heteroatoms. The highest BCUT2D eigenvalue weighted by molar-refractivity contribution is 5.94. The topological polar surface area (TPSA) is 85.7 Å². The molecule has 1 saturated heterocycles. The lowest BCUT2D eigenvalue weighted by Crippen LogP contribution is -2.17. The van der Waals surface area contributed by atoms with Crippen LogP contribution in [-0.4, -0.2) is 41.6 Å². The van der Waals surface area contributed by atoms with Crippen molar-refractivity contribution in [1.82, 2.24) is 15.2 Å². The molecule has 0 spiro atoms. The fraction of sp³-hybridized carbons (Fsp3) is 0.316. The molecule has 4 rings (SSSR count). The van der Waals surface area contributed by atoms with Gasteiger partial charge in [0.2, 0.25) is 11.6 Å². The molecule has 0 saturated carbocycles. The molecule has 1 aliphatic heterocycles. The normalized spacial score (nSPS) is 16.3. The van der Waals surface area contributed by atoms with E-state index in [1.54, 1.807) is 13.2 Å². The van der Waals surface area contributed by atoms with Crippen molar-refractivity contribution < 1.29 is 14.2 Å². The van der Waals surface area contributed by atoms with Gasteiger partial charge in [-0.25, -0.2) is 4.85 Å². The van der Waals surface area contributed by atoms with Crippen molar-refractivity contribution in [3.63, 3.8) is 0 Å². The van der Waals surface area contributed by atoms with E-state index in [1.165, 1.54) is 0 Å². The lowest BCUT2D eigenvalue weighted by Gasteiger charge is -2.16. The molecule has 27 heavy (non-hydrogen) atoms. The van der Waals surface area contributed by atoms with Crippen LogP contribution in [0.1, 0.15) is 12.1 Å². The number of hydrogen-bond donors (Lipinski definition) is 2. The van der Waals surface area contributed by atoms with Crippen molar-refractivity contribution in [3.05, 3.63) is 41.4 Å². The summed E-state index contributed by atoms with van der Waals surface area (Å²) >= 11 is 0. The van der Waals surface area contributed by atoms with Crippen LogP contribution in [0.4, 0.5) is 17.3 Å². The first-order valence-corrected chi connectivity index (χ1v) is 8.60. The second-order valence-corrected chi connectivity index (χ2v) is 6.33. The molecule has 1 aromatic carbocycles. The molecule has 138 valence electrons. The highest BCUT2D eigenvalue weighted by atomic mass is 16.5. The third-order valence-corrected chi connectivity index (χ3v) is 4.34. The number of anilines is 2. The van der Waals surface area contributed by atoms with Crippen LogP contribution in [0.15, 0.2) is 24.3 Å². The fourth-order valence-electron chi connectivity index (χ4n) is 3.02. The van der Waals surface area contributed by atoms with Gasteiger partial charge in [-0.1, -0.05) is 0 Å². The maximum atomic E-state index is 7.39. The number of H-pyrrole nitrogens is 1. The minimum absolute atomic E-state index is 0.0536. The number of hydrogen-bond acceptors (Lipinski definition) is 6. The van der Waals surface area contributed by atoms with E-state index >= 15 is 0 Å². The van der Waals surface area contributed by atoms with Gasteiger partial charge < -0.3 is 19.5 Å². The van der Waals surface area contributed by atoms with Crippen LogP contribution < -0.4 is 14.8 Å². The summed E-state index contributed by atoms with van der Waals surface area (Å²) in [5, 5.41) is 11.9. The maximum absolute atomic E-state index is 7.39. The zero-order valence-electron chi connectivity index (χ0n) is 15.1. The molecule has 3 heterocycles. The Morgan fingerprint density at radius 3 is 2.85 bits per heavy atom. The average molecular weight is 365 g/mol. The Morgan fingerprint density at radius 1 is 1.30 bits per heavy atom. The standard InChI is InChI=1S/C19H19N5O3/c1-11-6-18(24-23-11)21-17-8-12-7-16(25-3)15(20-2)9-14(12)19(22-17)27-13-4-5-26-10-13/h6-9,13H,4-5,10H2,1,3H3,(H2,21,22,23,24). The number of aryl methyl sites for hydroxylation is 1. The molecular weight excluding hydrogens is 346 g/mol. The Labute approximate surface area is 156 Å². The molecule has 8 nitrogen and oxygen atoms in total. The molecule has 0 radical (unpaired) electrons. The number of pyridine rings is 1. The number of aromatic amines is 1. The van der Waals surface area contributed by atoms with Crippen LogP contribution in [0.25, 0.3) is 15.6 Å². The van der Waals surface area contributed by atoms with Gasteiger partial charge in [0.05, 0.1) is 26.9 Å². The predicted molar refractivity (Wildman–Crippen MR) is 101 cm³/mol. The van der Waals surface area contributed by atoms with E-state index in [2.05, 4.69) is 25.3 Å². The summed E-state index contributed by atoms with van der Waals surface area (Å²) in [6, 6.07) is 7.35. The minimum atomic E-state index is -0.0536. The molecule has 3 aromatic rings. The zero-order valence-corrected chi connectivity index (χ0v) is 15.1. The number of methoxy groups -OCH3 is 1. The fourth-order valence-corrected chi connectivity index (χ4v) is 3.02. The van der Waals surface area contributed by atoms with Crippen molar-refractivity contribution in [2.24, 2.45) is 0 Å². The number of aromatic nitrogens is 3. The van der Waals surface area contributed by atoms with Crippen LogP contribution in [-0.2, 0) is 4.74 Å². The van der Waals surface area contributed by atoms with Crippen LogP contribution in [0, 0.1) is 13.5 Å². The molecule has 1 aliphatic rings. The van der Waals surface area contributed by atoms with E-state index in [0.29, 0.717) is 42.2 Å². The highest BCUT2D eigenvalue weighted by Gasteiger charge is 2.20. The number of fused-ring (bicyclic) bond motifs is 1. The molecule has 0 aliphatic carbocycles. The lowest BCUT2D eigenvalue weighted by molar-refractivity contribution is 0.139. The summed E-state index contributed by atoms with van der Waals surface area (Å²) in [6.45, 7) is 10.5. The van der Waals surface area contributed by atoms with Gasteiger partial charge >= 0.3 is 0 Å². The summed E-state index contributed by atoms with van der Waals surface area (Å²) in [5.41, 5.74) is 1.36. The Hall–Kier alpha value is -3.31. The monoisotopic (exact) mass is 365 g/mol. The first-order valence-electron chi connectivity index (χ1n) is 8.60. The van der Waals surface area contributed by atoms with Gasteiger partial charge in [0.25, 0.3) is 0 Å². The number of nitrogens with one attached hydrogen (secondary N) is 2. The predicted octanol–water partition coefficient (Wildman–Crippen LogP) is 3.74. The van der Waals surface area contributed by atoms with E-state index < -0.39 is 0 Å². The molecule has 0 bridgehead atoms. The van der Waals surface area contributed by atoms with E-state index in [9.17, 15) is 0 Å². The van der Waals surface area contributed by atoms with Crippen LogP contribution in [0.5, 0.6) is 11.6 Å². The van der Waals surface area contributed by atoms with Gasteiger partial charge in [0, 0.05) is 23.6 Å². The summed E-state index contributed by atoms with van der Waals surface area (Å²) < 4.78 is 16.8. The second kappa shape index (κ2) is 7.13. The van der Waals surface area contributed by atoms with Gasteiger partial charge in [-0.3, -0.25) is 5.10 Å². The molecule has 2 N–H and O–H groups in total. The van der Waals surface area contributed by atoms with E-state index in [1.807, 2.05) is 25.1 Å². The highest BCUT2D eigenvalue weighted by Crippen LogP contribution is 2.38. The van der Waals surface area contributed by atoms with Crippen molar-refractivity contribution in [1.29, 1.82) is 0 Å². The first kappa shape index (κ1) is 17.1. The maximum Gasteiger partial charge on any atom is 0.228 e. The zero-order chi connectivity index (χ0) is 18.8. The number of benzene rings is 1. The van der Waals surface area contributed by atoms with Crippen molar-refractivity contribution in [2.45, 2.75) is 19.4 Å². The smallest absolute Gasteiger partial charge is 0.228 e. The Bertz CT molecular complexity index is 1020. The van der Waals surface area contributed by atoms with Crippen molar-refractivity contribution in [2.75, 3.05) is 25.6 Å². The van der Waals surface area contributed by atoms with E-state index in [0.717, 1.165) is 22.9 Å². The summed E-state index contributed by atoms with van der Waals surface area (Å²) in [4.78, 5) is 8.16. The largest absolute Gasteiger partial charge is 0.508 e. The summed E-state index contributed by atoms with van der Waals surface area (Å²) in [6.07, 6.45) is 0.757. The number of nitrogens with zero attached hydrogens (tertiary/aromatic N) is 3. The summed E-state index contributed by atoms with van der Waals surface area (Å²) in [7, 11) is 1.55. The number of rotatable bonds is 5. The lowest BCUT2D eigenvalue weighted by atomic mass is 10.1. The van der Waals surface area contributed by atoms with E-state index in [-0.39, 0.29) is 6.10 Å². The molecule has 1 unspecified atom stereocenters. The van der Waals surface area contributed by atoms with Crippen LogP contribution in [0.2, 0.25) is 0 Å². The molecule has 1 fully saturated rings. The third-order valence-electron chi connectivity index (χ3n) is 4.34. The van der Waals surface area contributed by atoms with Crippen molar-refractivity contribution >= 4 is 28.1 Å². The van der Waals surface area contributed by atoms with E-state index in [4.69, 9.17) is 20.8 Å². The molecular formula is C19H19N5O3. The Kier molecular flexibility index (Phi) is 4.52. The van der Waals surface area contributed by atoms with Crippen LogP contribution >= 0.6 is 0 Å². The van der Waals surface area contributed by atoms with Gasteiger partial charge in [-0.15, -0.1) is 0 Å². The third kappa shape index (κ3) is 3.50. The molecule has 0 amide bonds. The number of ether oxygens (including phenoxy) is 3. The Balaban J connectivity index is 1.80. The van der Waals surface area contributed by atoms with Gasteiger partial charge in [-0.2, -0.15) is 10.1 Å². The van der Waals surface area contributed by atoms with Gasteiger partial charge in [-0.05, 0) is 30.5 Å². The summed E-state index contributed by atoms with van der Waals surface area (Å²) in [5.74, 6) is 2.24.